The number of nitrogens with zero attached hydrogens (tertiary/aromatic N) is 1. The van der Waals surface area contributed by atoms with Crippen molar-refractivity contribution in [3.8, 4) is 5.88 Å². The number of pyridine rings is 1. The molecular formula is C20H23ClN2O4. The molecule has 1 saturated heterocycles. The minimum absolute atomic E-state index is 0.103. The first kappa shape index (κ1) is 19.6. The van der Waals surface area contributed by atoms with Crippen LogP contribution in [0.25, 0.3) is 0 Å². The van der Waals surface area contributed by atoms with E-state index >= 15 is 0 Å². The number of hydrogen-bond donors (Lipinski definition) is 1. The molecule has 1 N–H and O–H groups in total. The molecule has 0 aliphatic carbocycles. The van der Waals surface area contributed by atoms with Gasteiger partial charge in [-0.1, -0.05) is 29.8 Å². The third-order valence-corrected chi connectivity index (χ3v) is 5.03. The van der Waals surface area contributed by atoms with Crippen LogP contribution in [-0.4, -0.2) is 44.4 Å². The summed E-state index contributed by atoms with van der Waals surface area (Å²) < 4.78 is 15.9. The van der Waals surface area contributed by atoms with E-state index in [2.05, 4.69) is 10.3 Å². The van der Waals surface area contributed by atoms with Gasteiger partial charge in [0.2, 0.25) is 11.8 Å². The summed E-state index contributed by atoms with van der Waals surface area (Å²) in [7, 11) is 1.61. The molecule has 1 fully saturated rings. The van der Waals surface area contributed by atoms with E-state index in [1.165, 1.54) is 0 Å². The molecule has 1 aromatic heterocycles. The van der Waals surface area contributed by atoms with E-state index in [-0.39, 0.29) is 5.91 Å². The fourth-order valence-corrected chi connectivity index (χ4v) is 3.52. The van der Waals surface area contributed by atoms with Crippen molar-refractivity contribution < 1.29 is 19.0 Å². The van der Waals surface area contributed by atoms with Gasteiger partial charge in [-0.25, -0.2) is 4.98 Å². The average molecular weight is 391 g/mol. The standard InChI is InChI=1S/C20H23ClN2O4/c1-25-12-13-27-18-7-6-15(14-22-18)23-19(24)20(8-10-26-11-9-20)16-4-2-3-5-17(16)21/h2-7,14H,8-13H2,1H3,(H,23,24). The Morgan fingerprint density at radius 3 is 2.67 bits per heavy atom. The number of benzene rings is 1. The van der Waals surface area contributed by atoms with Crippen molar-refractivity contribution in [2.24, 2.45) is 0 Å². The first-order valence-electron chi connectivity index (χ1n) is 8.88. The number of aromatic nitrogens is 1. The normalized spacial score (nSPS) is 15.9. The highest BCUT2D eigenvalue weighted by atomic mass is 35.5. The third kappa shape index (κ3) is 4.58. The Bertz CT molecular complexity index is 761. The smallest absolute Gasteiger partial charge is 0.235 e. The zero-order chi connectivity index (χ0) is 19.1. The highest BCUT2D eigenvalue weighted by Gasteiger charge is 2.43. The van der Waals surface area contributed by atoms with Crippen molar-refractivity contribution >= 4 is 23.2 Å². The van der Waals surface area contributed by atoms with Crippen molar-refractivity contribution in [1.29, 1.82) is 0 Å². The van der Waals surface area contributed by atoms with Gasteiger partial charge in [0.05, 0.1) is 23.9 Å². The maximum absolute atomic E-state index is 13.2. The van der Waals surface area contributed by atoms with Crippen molar-refractivity contribution in [2.45, 2.75) is 18.3 Å². The van der Waals surface area contributed by atoms with Crippen LogP contribution >= 0.6 is 11.6 Å². The maximum Gasteiger partial charge on any atom is 0.235 e. The largest absolute Gasteiger partial charge is 0.475 e. The van der Waals surface area contributed by atoms with E-state index in [1.807, 2.05) is 24.3 Å². The molecule has 1 aromatic carbocycles. The van der Waals surface area contributed by atoms with Crippen molar-refractivity contribution in [1.82, 2.24) is 4.98 Å². The molecule has 2 heterocycles. The van der Waals surface area contributed by atoms with E-state index in [1.54, 1.807) is 25.4 Å². The summed E-state index contributed by atoms with van der Waals surface area (Å²) >= 11 is 6.42. The first-order chi connectivity index (χ1) is 13.2. The summed E-state index contributed by atoms with van der Waals surface area (Å²) in [5.41, 5.74) is 0.724. The molecule has 6 nitrogen and oxygen atoms in total. The van der Waals surface area contributed by atoms with Crippen LogP contribution in [0, 0.1) is 0 Å². The van der Waals surface area contributed by atoms with E-state index < -0.39 is 5.41 Å². The lowest BCUT2D eigenvalue weighted by molar-refractivity contribution is -0.125. The molecule has 0 atom stereocenters. The van der Waals surface area contributed by atoms with Gasteiger partial charge in [-0.15, -0.1) is 0 Å². The number of anilines is 1. The van der Waals surface area contributed by atoms with Crippen molar-refractivity contribution in [3.63, 3.8) is 0 Å². The third-order valence-electron chi connectivity index (χ3n) is 4.70. The second-order valence-corrected chi connectivity index (χ2v) is 6.76. The van der Waals surface area contributed by atoms with Gasteiger partial charge >= 0.3 is 0 Å². The lowest BCUT2D eigenvalue weighted by Gasteiger charge is -2.36. The second-order valence-electron chi connectivity index (χ2n) is 6.35. The number of halogens is 1. The Balaban J connectivity index is 1.76. The summed E-state index contributed by atoms with van der Waals surface area (Å²) in [6, 6.07) is 11.0. The van der Waals surface area contributed by atoms with Crippen LogP contribution in [0.5, 0.6) is 5.88 Å². The van der Waals surface area contributed by atoms with Gasteiger partial charge in [0.15, 0.2) is 0 Å². The number of hydrogen-bond acceptors (Lipinski definition) is 5. The van der Waals surface area contributed by atoms with Crippen LogP contribution in [0.4, 0.5) is 5.69 Å². The zero-order valence-electron chi connectivity index (χ0n) is 15.2. The Labute approximate surface area is 163 Å². The van der Waals surface area contributed by atoms with Crippen LogP contribution in [0.1, 0.15) is 18.4 Å². The van der Waals surface area contributed by atoms with Crippen LogP contribution in [0.15, 0.2) is 42.6 Å². The molecule has 27 heavy (non-hydrogen) atoms. The molecule has 0 spiro atoms. The molecule has 0 radical (unpaired) electrons. The lowest BCUT2D eigenvalue weighted by atomic mass is 9.73. The van der Waals surface area contributed by atoms with Crippen LogP contribution in [0.3, 0.4) is 0 Å². The summed E-state index contributed by atoms with van der Waals surface area (Å²) in [5, 5.41) is 3.57. The Morgan fingerprint density at radius 1 is 1.22 bits per heavy atom. The number of carbonyl (C=O) groups excluding carboxylic acids is 1. The van der Waals surface area contributed by atoms with Gasteiger partial charge in [-0.2, -0.15) is 0 Å². The number of rotatable bonds is 7. The van der Waals surface area contributed by atoms with E-state index in [9.17, 15) is 4.79 Å². The van der Waals surface area contributed by atoms with Gasteiger partial charge in [0, 0.05) is 31.4 Å². The first-order valence-corrected chi connectivity index (χ1v) is 9.25. The summed E-state index contributed by atoms with van der Waals surface area (Å²) in [4.78, 5) is 17.5. The predicted molar refractivity (Wildman–Crippen MR) is 103 cm³/mol. The number of methoxy groups -OCH3 is 1. The van der Waals surface area contributed by atoms with Gasteiger partial charge < -0.3 is 19.5 Å². The molecule has 3 rings (SSSR count). The number of amides is 1. The maximum atomic E-state index is 13.2. The average Bonchev–Trinajstić information content (AvgIpc) is 2.70. The van der Waals surface area contributed by atoms with Gasteiger partial charge in [-0.3, -0.25) is 4.79 Å². The van der Waals surface area contributed by atoms with Gasteiger partial charge in [0.25, 0.3) is 0 Å². The topological polar surface area (TPSA) is 69.7 Å². The minimum Gasteiger partial charge on any atom is -0.475 e. The molecule has 1 amide bonds. The monoisotopic (exact) mass is 390 g/mol. The molecule has 0 saturated carbocycles. The quantitative estimate of drug-likeness (QED) is 0.733. The molecule has 7 heteroatoms. The van der Waals surface area contributed by atoms with Gasteiger partial charge in [0.1, 0.15) is 6.61 Å². The number of ether oxygens (including phenoxy) is 3. The summed E-state index contributed by atoms with van der Waals surface area (Å²) in [5.74, 6) is 0.380. The minimum atomic E-state index is -0.718. The summed E-state index contributed by atoms with van der Waals surface area (Å²) in [6.45, 7) is 1.94. The van der Waals surface area contributed by atoms with Crippen LogP contribution in [-0.2, 0) is 19.7 Å². The lowest BCUT2D eigenvalue weighted by Crippen LogP contribution is -2.45. The van der Waals surface area contributed by atoms with Gasteiger partial charge in [-0.05, 0) is 30.5 Å². The highest BCUT2D eigenvalue weighted by Crippen LogP contribution is 2.39. The molecule has 2 aromatic rings. The molecule has 1 aliphatic heterocycles. The number of nitrogens with one attached hydrogen (secondary N) is 1. The summed E-state index contributed by atoms with van der Waals surface area (Å²) in [6.07, 6.45) is 2.74. The van der Waals surface area contributed by atoms with E-state index in [0.29, 0.717) is 55.9 Å². The van der Waals surface area contributed by atoms with E-state index in [4.69, 9.17) is 25.8 Å². The molecule has 144 valence electrons. The highest BCUT2D eigenvalue weighted by molar-refractivity contribution is 6.31. The molecule has 0 bridgehead atoms. The predicted octanol–water partition coefficient (Wildman–Crippen LogP) is 3.45. The second kappa shape index (κ2) is 9.17. The molecule has 0 unspecified atom stereocenters. The van der Waals surface area contributed by atoms with Crippen LogP contribution < -0.4 is 10.1 Å². The Morgan fingerprint density at radius 2 is 2.00 bits per heavy atom. The number of carbonyl (C=O) groups is 1. The SMILES string of the molecule is COCCOc1ccc(NC(=O)C2(c3ccccc3Cl)CCOCC2)cn1. The van der Waals surface area contributed by atoms with Crippen molar-refractivity contribution in [2.75, 3.05) is 38.9 Å². The Hall–Kier alpha value is -2.15. The van der Waals surface area contributed by atoms with Crippen LogP contribution in [0.2, 0.25) is 5.02 Å². The fraction of sp³-hybridized carbons (Fsp3) is 0.400. The zero-order valence-corrected chi connectivity index (χ0v) is 16.0. The fourth-order valence-electron chi connectivity index (χ4n) is 3.21. The van der Waals surface area contributed by atoms with Crippen molar-refractivity contribution in [3.05, 3.63) is 53.2 Å². The Kier molecular flexibility index (Phi) is 6.66. The molecular weight excluding hydrogens is 368 g/mol. The molecule has 1 aliphatic rings. The van der Waals surface area contributed by atoms with E-state index in [0.717, 1.165) is 5.56 Å².